The average Bonchev–Trinajstić information content (AvgIpc) is 2.60. The molecule has 0 fully saturated rings. The second-order valence-electron chi connectivity index (χ2n) is 5.17. The van der Waals surface area contributed by atoms with Gasteiger partial charge in [-0.25, -0.2) is 0 Å². The van der Waals surface area contributed by atoms with E-state index in [-0.39, 0.29) is 6.61 Å². The van der Waals surface area contributed by atoms with Gasteiger partial charge >= 0.3 is 0 Å². The highest BCUT2D eigenvalue weighted by atomic mass is 16.5. The van der Waals surface area contributed by atoms with E-state index in [1.54, 1.807) is 6.07 Å². The van der Waals surface area contributed by atoms with E-state index in [1.165, 1.54) is 0 Å². The molecule has 0 amide bonds. The maximum Gasteiger partial charge on any atom is 0.162 e. The molecule has 3 nitrogen and oxygen atoms in total. The van der Waals surface area contributed by atoms with E-state index in [9.17, 15) is 5.26 Å². The fourth-order valence-corrected chi connectivity index (χ4v) is 2.20. The molecule has 0 radical (unpaired) electrons. The Kier molecular flexibility index (Phi) is 6.06. The van der Waals surface area contributed by atoms with Crippen LogP contribution in [-0.2, 0) is 0 Å². The van der Waals surface area contributed by atoms with Crippen molar-refractivity contribution in [2.24, 2.45) is 0 Å². The Hall–Kier alpha value is -3.17. The van der Waals surface area contributed by atoms with Gasteiger partial charge in [-0.05, 0) is 43.2 Å². The summed E-state index contributed by atoms with van der Waals surface area (Å²) >= 11 is 0. The monoisotopic (exact) mass is 317 g/mol. The molecule has 24 heavy (non-hydrogen) atoms. The van der Waals surface area contributed by atoms with Crippen molar-refractivity contribution >= 4 is 11.6 Å². The minimum Gasteiger partial charge on any atom is -0.490 e. The summed E-state index contributed by atoms with van der Waals surface area (Å²) in [5.41, 5.74) is 3.50. The van der Waals surface area contributed by atoms with Crippen LogP contribution in [0.1, 0.15) is 23.6 Å². The lowest BCUT2D eigenvalue weighted by Gasteiger charge is -2.11. The van der Waals surface area contributed by atoms with Crippen molar-refractivity contribution in [2.45, 2.75) is 13.8 Å². The van der Waals surface area contributed by atoms with E-state index in [4.69, 9.17) is 15.9 Å². The molecule has 0 bridgehead atoms. The number of allylic oxidation sites excluding steroid dienone is 1. The van der Waals surface area contributed by atoms with Crippen molar-refractivity contribution in [3.8, 4) is 29.9 Å². The van der Waals surface area contributed by atoms with Crippen LogP contribution in [0.3, 0.4) is 0 Å². The molecule has 0 atom stereocenters. The molecule has 3 heteroatoms. The van der Waals surface area contributed by atoms with Crippen LogP contribution in [0.25, 0.3) is 11.6 Å². The first kappa shape index (κ1) is 17.2. The summed E-state index contributed by atoms with van der Waals surface area (Å²) in [6.07, 6.45) is 7.06. The Balaban J connectivity index is 2.36. The lowest BCUT2D eigenvalue weighted by molar-refractivity contribution is 0.299. The van der Waals surface area contributed by atoms with Gasteiger partial charge in [-0.2, -0.15) is 5.26 Å². The van der Waals surface area contributed by atoms with Crippen molar-refractivity contribution in [1.29, 1.82) is 5.26 Å². The number of nitriles is 1. The first-order valence-corrected chi connectivity index (χ1v) is 7.70. The van der Waals surface area contributed by atoms with Gasteiger partial charge in [-0.1, -0.05) is 41.8 Å². The van der Waals surface area contributed by atoms with E-state index in [1.807, 2.05) is 56.3 Å². The standard InChI is InChI=1S/C21H19NO2/c1-4-12-24-20-11-8-17(14-21(20)23-5-2)13-19(15-22)18-9-6-16(3)7-10-18/h1,6-11,13-14H,5,12H2,2-3H3/b19-13+. The Labute approximate surface area is 143 Å². The quantitative estimate of drug-likeness (QED) is 0.448. The Morgan fingerprint density at radius 3 is 2.50 bits per heavy atom. The van der Waals surface area contributed by atoms with Gasteiger partial charge in [-0.15, -0.1) is 6.42 Å². The van der Waals surface area contributed by atoms with Gasteiger partial charge in [0.25, 0.3) is 0 Å². The molecular weight excluding hydrogens is 298 g/mol. The fraction of sp³-hybridized carbons (Fsp3) is 0.190. The second kappa shape index (κ2) is 8.46. The van der Waals surface area contributed by atoms with Crippen LogP contribution < -0.4 is 9.47 Å². The van der Waals surface area contributed by atoms with Crippen molar-refractivity contribution in [3.05, 3.63) is 59.2 Å². The van der Waals surface area contributed by atoms with Crippen LogP contribution in [0.2, 0.25) is 0 Å². The summed E-state index contributed by atoms with van der Waals surface area (Å²) in [6, 6.07) is 15.6. The van der Waals surface area contributed by atoms with Gasteiger partial charge in [0.05, 0.1) is 18.2 Å². The number of rotatable bonds is 6. The molecular formula is C21H19NO2. The van der Waals surface area contributed by atoms with E-state index < -0.39 is 0 Å². The predicted molar refractivity (Wildman–Crippen MR) is 96.6 cm³/mol. The third-order valence-corrected chi connectivity index (χ3v) is 3.37. The molecule has 0 spiro atoms. The van der Waals surface area contributed by atoms with E-state index in [0.29, 0.717) is 23.7 Å². The minimum atomic E-state index is 0.183. The third kappa shape index (κ3) is 4.41. The molecule has 0 aliphatic heterocycles. The zero-order chi connectivity index (χ0) is 17.4. The van der Waals surface area contributed by atoms with Crippen molar-refractivity contribution in [1.82, 2.24) is 0 Å². The highest BCUT2D eigenvalue weighted by Crippen LogP contribution is 2.30. The van der Waals surface area contributed by atoms with Crippen LogP contribution in [0.5, 0.6) is 11.5 Å². The molecule has 0 heterocycles. The number of ether oxygens (including phenoxy) is 2. The van der Waals surface area contributed by atoms with E-state index >= 15 is 0 Å². The van der Waals surface area contributed by atoms with Gasteiger partial charge in [-0.3, -0.25) is 0 Å². The fourth-order valence-electron chi connectivity index (χ4n) is 2.20. The molecule has 0 saturated carbocycles. The van der Waals surface area contributed by atoms with Gasteiger partial charge < -0.3 is 9.47 Å². The van der Waals surface area contributed by atoms with Gasteiger partial charge in [0.15, 0.2) is 11.5 Å². The Morgan fingerprint density at radius 2 is 1.88 bits per heavy atom. The summed E-state index contributed by atoms with van der Waals surface area (Å²) in [5.74, 6) is 3.65. The van der Waals surface area contributed by atoms with Crippen LogP contribution in [0.4, 0.5) is 0 Å². The number of hydrogen-bond acceptors (Lipinski definition) is 3. The molecule has 2 aromatic rings. The Morgan fingerprint density at radius 1 is 1.12 bits per heavy atom. The summed E-state index contributed by atoms with van der Waals surface area (Å²) < 4.78 is 11.1. The third-order valence-electron chi connectivity index (χ3n) is 3.37. The summed E-state index contributed by atoms with van der Waals surface area (Å²) in [7, 11) is 0. The number of aryl methyl sites for hydroxylation is 1. The number of terminal acetylenes is 1. The van der Waals surface area contributed by atoms with Crippen LogP contribution in [0, 0.1) is 30.6 Å². The highest BCUT2D eigenvalue weighted by molar-refractivity contribution is 5.89. The molecule has 0 saturated heterocycles. The van der Waals surface area contributed by atoms with E-state index in [0.717, 1.165) is 16.7 Å². The van der Waals surface area contributed by atoms with Gasteiger partial charge in [0.1, 0.15) is 6.61 Å². The lowest BCUT2D eigenvalue weighted by Crippen LogP contribution is -1.99. The lowest BCUT2D eigenvalue weighted by atomic mass is 10.0. The molecule has 2 aromatic carbocycles. The zero-order valence-corrected chi connectivity index (χ0v) is 13.9. The summed E-state index contributed by atoms with van der Waals surface area (Å²) in [4.78, 5) is 0. The van der Waals surface area contributed by atoms with Crippen LogP contribution >= 0.6 is 0 Å². The van der Waals surface area contributed by atoms with Crippen molar-refractivity contribution < 1.29 is 9.47 Å². The first-order chi connectivity index (χ1) is 11.7. The smallest absolute Gasteiger partial charge is 0.162 e. The molecule has 0 N–H and O–H groups in total. The molecule has 0 aliphatic rings. The molecule has 120 valence electrons. The van der Waals surface area contributed by atoms with Crippen LogP contribution in [-0.4, -0.2) is 13.2 Å². The largest absolute Gasteiger partial charge is 0.490 e. The maximum atomic E-state index is 9.46. The Bertz CT molecular complexity index is 805. The molecule has 0 aliphatic carbocycles. The highest BCUT2D eigenvalue weighted by Gasteiger charge is 2.07. The van der Waals surface area contributed by atoms with Crippen molar-refractivity contribution in [3.63, 3.8) is 0 Å². The molecule has 2 rings (SSSR count). The van der Waals surface area contributed by atoms with Crippen molar-refractivity contribution in [2.75, 3.05) is 13.2 Å². The zero-order valence-electron chi connectivity index (χ0n) is 13.9. The van der Waals surface area contributed by atoms with E-state index in [2.05, 4.69) is 12.0 Å². The number of hydrogen-bond donors (Lipinski definition) is 0. The van der Waals surface area contributed by atoms with Gasteiger partial charge in [0, 0.05) is 0 Å². The SMILES string of the molecule is C#CCOc1ccc(/C=C(\C#N)c2ccc(C)cc2)cc1OCC. The topological polar surface area (TPSA) is 42.2 Å². The first-order valence-electron chi connectivity index (χ1n) is 7.70. The second-order valence-corrected chi connectivity index (χ2v) is 5.17. The number of benzene rings is 2. The summed E-state index contributed by atoms with van der Waals surface area (Å²) in [5, 5.41) is 9.46. The minimum absolute atomic E-state index is 0.183. The summed E-state index contributed by atoms with van der Waals surface area (Å²) in [6.45, 7) is 4.62. The number of nitrogens with zero attached hydrogens (tertiary/aromatic N) is 1. The molecule has 0 aromatic heterocycles. The normalized spacial score (nSPS) is 10.6. The average molecular weight is 317 g/mol. The molecule has 0 unspecified atom stereocenters. The van der Waals surface area contributed by atoms with Crippen LogP contribution in [0.15, 0.2) is 42.5 Å². The maximum absolute atomic E-state index is 9.46. The predicted octanol–water partition coefficient (Wildman–Crippen LogP) is 4.47. The van der Waals surface area contributed by atoms with Gasteiger partial charge in [0.2, 0.25) is 0 Å².